The summed E-state index contributed by atoms with van der Waals surface area (Å²) in [5, 5.41) is 0. The van der Waals surface area contributed by atoms with Gasteiger partial charge in [0.05, 0.1) is 10.6 Å². The summed E-state index contributed by atoms with van der Waals surface area (Å²) in [7, 11) is -3.66. The molecule has 0 saturated heterocycles. The number of hydrogen-bond acceptors (Lipinski definition) is 3. The smallest absolute Gasteiger partial charge is 0.262 e. The Morgan fingerprint density at radius 3 is 2.40 bits per heavy atom. The van der Waals surface area contributed by atoms with Gasteiger partial charge in [-0.05, 0) is 71.2 Å². The summed E-state index contributed by atoms with van der Waals surface area (Å²) in [5.41, 5.74) is 8.40. The van der Waals surface area contributed by atoms with Crippen molar-refractivity contribution >= 4 is 37.3 Å². The van der Waals surface area contributed by atoms with E-state index in [-0.39, 0.29) is 4.90 Å². The van der Waals surface area contributed by atoms with Gasteiger partial charge in [-0.3, -0.25) is 4.72 Å². The van der Waals surface area contributed by atoms with Gasteiger partial charge in [-0.15, -0.1) is 0 Å². The number of halogens is 1. The number of nitrogens with one attached hydrogen (secondary N) is 1. The van der Waals surface area contributed by atoms with E-state index in [4.69, 9.17) is 5.73 Å². The lowest BCUT2D eigenvalue weighted by atomic mass is 10.2. The summed E-state index contributed by atoms with van der Waals surface area (Å²) in [4.78, 5) is 0.156. The molecule has 0 fully saturated rings. The van der Waals surface area contributed by atoms with Crippen LogP contribution < -0.4 is 10.5 Å². The molecule has 0 bridgehead atoms. The minimum absolute atomic E-state index is 0.156. The Kier molecular flexibility index (Phi) is 4.06. The number of benzene rings is 2. The fourth-order valence-electron chi connectivity index (χ4n) is 1.85. The minimum Gasteiger partial charge on any atom is -0.399 e. The van der Waals surface area contributed by atoms with Gasteiger partial charge < -0.3 is 5.73 Å². The summed E-state index contributed by atoms with van der Waals surface area (Å²) in [6.07, 6.45) is 0. The fraction of sp³-hybridized carbons (Fsp3) is 0.143. The third-order valence-electron chi connectivity index (χ3n) is 2.75. The lowest BCUT2D eigenvalue weighted by molar-refractivity contribution is 0.601. The lowest BCUT2D eigenvalue weighted by Crippen LogP contribution is -2.14. The van der Waals surface area contributed by atoms with Gasteiger partial charge in [-0.25, -0.2) is 8.42 Å². The summed E-state index contributed by atoms with van der Waals surface area (Å²) < 4.78 is 28.0. The van der Waals surface area contributed by atoms with Gasteiger partial charge in [0.25, 0.3) is 10.0 Å². The molecule has 0 unspecified atom stereocenters. The molecule has 0 aromatic heterocycles. The second-order valence-corrected chi connectivity index (χ2v) is 7.20. The Bertz CT molecular complexity index is 738. The first-order valence-corrected chi connectivity index (χ1v) is 8.22. The standard InChI is InChI=1S/C14H15BrN2O2S/c1-9-3-4-13(15)14(7-9)17-20(18,19)12-6-10(2)5-11(16)8-12/h3-8,17H,16H2,1-2H3. The third-order valence-corrected chi connectivity index (χ3v) is 4.79. The first-order valence-electron chi connectivity index (χ1n) is 5.94. The summed E-state index contributed by atoms with van der Waals surface area (Å²) in [6, 6.07) is 10.2. The highest BCUT2D eigenvalue weighted by Gasteiger charge is 2.16. The molecule has 20 heavy (non-hydrogen) atoms. The maximum absolute atomic E-state index is 12.4. The topological polar surface area (TPSA) is 72.2 Å². The van der Waals surface area contributed by atoms with Crippen LogP contribution in [0.1, 0.15) is 11.1 Å². The van der Waals surface area contributed by atoms with Crippen LogP contribution >= 0.6 is 15.9 Å². The molecule has 2 aromatic carbocycles. The zero-order valence-electron chi connectivity index (χ0n) is 11.1. The van der Waals surface area contributed by atoms with E-state index in [1.165, 1.54) is 6.07 Å². The number of rotatable bonds is 3. The average Bonchev–Trinajstić information content (AvgIpc) is 2.32. The van der Waals surface area contributed by atoms with E-state index < -0.39 is 10.0 Å². The molecule has 0 heterocycles. The SMILES string of the molecule is Cc1cc(N)cc(S(=O)(=O)Nc2cc(C)ccc2Br)c1. The van der Waals surface area contributed by atoms with Crippen molar-refractivity contribution in [3.05, 3.63) is 52.0 Å². The van der Waals surface area contributed by atoms with Gasteiger partial charge in [-0.1, -0.05) is 6.07 Å². The van der Waals surface area contributed by atoms with Gasteiger partial charge in [0.2, 0.25) is 0 Å². The molecule has 0 saturated carbocycles. The first-order chi connectivity index (χ1) is 9.28. The molecule has 6 heteroatoms. The molecule has 2 rings (SSSR count). The van der Waals surface area contributed by atoms with Crippen LogP contribution in [0.4, 0.5) is 11.4 Å². The van der Waals surface area contributed by atoms with Crippen molar-refractivity contribution in [3.8, 4) is 0 Å². The van der Waals surface area contributed by atoms with Crippen molar-refractivity contribution in [1.29, 1.82) is 0 Å². The maximum atomic E-state index is 12.4. The summed E-state index contributed by atoms with van der Waals surface area (Å²) in [5.74, 6) is 0. The van der Waals surface area contributed by atoms with Crippen molar-refractivity contribution in [1.82, 2.24) is 0 Å². The molecule has 0 aliphatic rings. The van der Waals surface area contributed by atoms with E-state index in [2.05, 4.69) is 20.7 Å². The van der Waals surface area contributed by atoms with Crippen LogP contribution in [0.25, 0.3) is 0 Å². The van der Waals surface area contributed by atoms with Crippen LogP contribution in [0.2, 0.25) is 0 Å². The number of sulfonamides is 1. The molecule has 0 atom stereocenters. The highest BCUT2D eigenvalue weighted by atomic mass is 79.9. The number of aryl methyl sites for hydroxylation is 2. The molecule has 106 valence electrons. The van der Waals surface area contributed by atoms with Gasteiger partial charge in [-0.2, -0.15) is 0 Å². The number of anilines is 2. The zero-order valence-corrected chi connectivity index (χ0v) is 13.5. The Morgan fingerprint density at radius 1 is 1.05 bits per heavy atom. The zero-order chi connectivity index (χ0) is 14.9. The summed E-state index contributed by atoms with van der Waals surface area (Å²) >= 11 is 3.33. The predicted molar refractivity (Wildman–Crippen MR) is 85.3 cm³/mol. The molecule has 0 aliphatic carbocycles. The average molecular weight is 355 g/mol. The number of nitrogen functional groups attached to an aromatic ring is 1. The monoisotopic (exact) mass is 354 g/mol. The van der Waals surface area contributed by atoms with Gasteiger partial charge in [0.1, 0.15) is 0 Å². The van der Waals surface area contributed by atoms with Crippen LogP contribution in [0.5, 0.6) is 0 Å². The Balaban J connectivity index is 2.43. The van der Waals surface area contributed by atoms with E-state index in [1.807, 2.05) is 13.0 Å². The molecule has 3 N–H and O–H groups in total. The predicted octanol–water partition coefficient (Wildman–Crippen LogP) is 3.45. The molecule has 4 nitrogen and oxygen atoms in total. The summed E-state index contributed by atoms with van der Waals surface area (Å²) in [6.45, 7) is 3.70. The van der Waals surface area contributed by atoms with Gasteiger partial charge in [0, 0.05) is 10.2 Å². The Hall–Kier alpha value is -1.53. The fourth-order valence-corrected chi connectivity index (χ4v) is 3.54. The first kappa shape index (κ1) is 14.9. The molecule has 2 aromatic rings. The largest absolute Gasteiger partial charge is 0.399 e. The number of nitrogens with two attached hydrogens (primary N) is 1. The Labute approximate surface area is 127 Å². The van der Waals surface area contributed by atoms with Gasteiger partial charge in [0.15, 0.2) is 0 Å². The van der Waals surface area contributed by atoms with E-state index in [0.717, 1.165) is 11.1 Å². The van der Waals surface area contributed by atoms with Crippen molar-refractivity contribution < 1.29 is 8.42 Å². The second-order valence-electron chi connectivity index (χ2n) is 4.67. The van der Waals surface area contributed by atoms with E-state index in [9.17, 15) is 8.42 Å². The van der Waals surface area contributed by atoms with Crippen LogP contribution in [-0.2, 0) is 10.0 Å². The van der Waals surface area contributed by atoms with Gasteiger partial charge >= 0.3 is 0 Å². The van der Waals surface area contributed by atoms with E-state index in [1.54, 1.807) is 31.2 Å². The third kappa shape index (κ3) is 3.32. The van der Waals surface area contributed by atoms with Crippen LogP contribution in [0.3, 0.4) is 0 Å². The molecular formula is C14H15BrN2O2S. The quantitative estimate of drug-likeness (QED) is 0.829. The normalized spacial score (nSPS) is 11.3. The van der Waals surface area contributed by atoms with Crippen molar-refractivity contribution in [2.45, 2.75) is 18.7 Å². The van der Waals surface area contributed by atoms with Crippen molar-refractivity contribution in [2.24, 2.45) is 0 Å². The number of hydrogen-bond donors (Lipinski definition) is 2. The highest BCUT2D eigenvalue weighted by molar-refractivity contribution is 9.10. The van der Waals surface area contributed by atoms with Crippen LogP contribution in [0, 0.1) is 13.8 Å². The van der Waals surface area contributed by atoms with Crippen LogP contribution in [-0.4, -0.2) is 8.42 Å². The highest BCUT2D eigenvalue weighted by Crippen LogP contribution is 2.27. The molecule has 0 aliphatic heterocycles. The molecule has 0 amide bonds. The van der Waals surface area contributed by atoms with E-state index in [0.29, 0.717) is 15.8 Å². The minimum atomic E-state index is -3.66. The van der Waals surface area contributed by atoms with Crippen molar-refractivity contribution in [3.63, 3.8) is 0 Å². The Morgan fingerprint density at radius 2 is 1.75 bits per heavy atom. The van der Waals surface area contributed by atoms with Crippen LogP contribution in [0.15, 0.2) is 45.8 Å². The lowest BCUT2D eigenvalue weighted by Gasteiger charge is -2.11. The maximum Gasteiger partial charge on any atom is 0.262 e. The molecule has 0 spiro atoms. The molecule has 0 radical (unpaired) electrons. The van der Waals surface area contributed by atoms with Crippen molar-refractivity contribution in [2.75, 3.05) is 10.5 Å². The second kappa shape index (κ2) is 5.46. The van der Waals surface area contributed by atoms with E-state index >= 15 is 0 Å². The molecular weight excluding hydrogens is 340 g/mol.